The van der Waals surface area contributed by atoms with Crippen LogP contribution in [0, 0.1) is 0 Å². The zero-order valence-electron chi connectivity index (χ0n) is 14.7. The summed E-state index contributed by atoms with van der Waals surface area (Å²) in [7, 11) is 0. The van der Waals surface area contributed by atoms with Gasteiger partial charge < -0.3 is 15.5 Å². The SMILES string of the molecule is CCNC(=O)N1CC(n2cc(C(=O)NCCC3=CCCCC3)nn2)C1. The molecule has 1 saturated heterocycles. The first-order chi connectivity index (χ1) is 12.2. The summed E-state index contributed by atoms with van der Waals surface area (Å²) in [6, 6.07) is 0.0258. The van der Waals surface area contributed by atoms with Gasteiger partial charge in [0.15, 0.2) is 5.69 Å². The van der Waals surface area contributed by atoms with Crippen molar-refractivity contribution >= 4 is 11.9 Å². The Bertz CT molecular complexity index is 647. The van der Waals surface area contributed by atoms with E-state index in [0.717, 1.165) is 19.3 Å². The van der Waals surface area contributed by atoms with Crippen LogP contribution in [0.25, 0.3) is 0 Å². The molecule has 0 aromatic carbocycles. The molecule has 1 aliphatic heterocycles. The molecule has 0 bridgehead atoms. The summed E-state index contributed by atoms with van der Waals surface area (Å²) in [5.41, 5.74) is 1.77. The van der Waals surface area contributed by atoms with Gasteiger partial charge in [-0.15, -0.1) is 5.10 Å². The van der Waals surface area contributed by atoms with E-state index in [1.165, 1.54) is 18.4 Å². The maximum Gasteiger partial charge on any atom is 0.317 e. The average Bonchev–Trinajstić information content (AvgIpc) is 3.04. The van der Waals surface area contributed by atoms with Crippen molar-refractivity contribution < 1.29 is 9.59 Å². The van der Waals surface area contributed by atoms with E-state index in [4.69, 9.17) is 0 Å². The largest absolute Gasteiger partial charge is 0.350 e. The number of hydrogen-bond acceptors (Lipinski definition) is 4. The molecule has 0 atom stereocenters. The molecule has 3 amide bonds. The lowest BCUT2D eigenvalue weighted by molar-refractivity contribution is 0.0948. The molecule has 2 aliphatic rings. The van der Waals surface area contributed by atoms with Crippen molar-refractivity contribution in [2.24, 2.45) is 0 Å². The first-order valence-electron chi connectivity index (χ1n) is 9.08. The van der Waals surface area contributed by atoms with E-state index in [9.17, 15) is 9.59 Å². The summed E-state index contributed by atoms with van der Waals surface area (Å²) < 4.78 is 1.67. The number of likely N-dealkylation sites (tertiary alicyclic amines) is 1. The van der Waals surface area contributed by atoms with E-state index in [-0.39, 0.29) is 18.0 Å². The maximum atomic E-state index is 12.2. The maximum absolute atomic E-state index is 12.2. The second kappa shape index (κ2) is 8.13. The van der Waals surface area contributed by atoms with E-state index >= 15 is 0 Å². The van der Waals surface area contributed by atoms with Crippen LogP contribution in [0.3, 0.4) is 0 Å². The number of aromatic nitrogens is 3. The monoisotopic (exact) mass is 346 g/mol. The number of carbonyl (C=O) groups is 2. The van der Waals surface area contributed by atoms with Crippen molar-refractivity contribution in [1.82, 2.24) is 30.5 Å². The quantitative estimate of drug-likeness (QED) is 0.763. The Morgan fingerprint density at radius 2 is 2.12 bits per heavy atom. The summed E-state index contributed by atoms with van der Waals surface area (Å²) in [6.07, 6.45) is 9.70. The Labute approximate surface area is 147 Å². The van der Waals surface area contributed by atoms with Gasteiger partial charge in [-0.25, -0.2) is 9.48 Å². The number of carbonyl (C=O) groups excluding carboxylic acids is 2. The molecule has 1 fully saturated rings. The van der Waals surface area contributed by atoms with Crippen LogP contribution in [0.2, 0.25) is 0 Å². The van der Waals surface area contributed by atoms with Gasteiger partial charge in [0.1, 0.15) is 0 Å². The Morgan fingerprint density at radius 3 is 2.84 bits per heavy atom. The van der Waals surface area contributed by atoms with Crippen molar-refractivity contribution in [3.63, 3.8) is 0 Å². The fourth-order valence-corrected chi connectivity index (χ4v) is 3.17. The molecule has 25 heavy (non-hydrogen) atoms. The molecule has 1 aromatic heterocycles. The van der Waals surface area contributed by atoms with Crippen molar-refractivity contribution in [3.8, 4) is 0 Å². The van der Waals surface area contributed by atoms with Crippen molar-refractivity contribution in [3.05, 3.63) is 23.5 Å². The lowest BCUT2D eigenvalue weighted by atomic mass is 9.97. The van der Waals surface area contributed by atoms with Gasteiger partial charge in [-0.1, -0.05) is 16.9 Å². The molecule has 8 heteroatoms. The first kappa shape index (κ1) is 17.4. The van der Waals surface area contributed by atoms with Gasteiger partial charge in [0.2, 0.25) is 0 Å². The van der Waals surface area contributed by atoms with Crippen LogP contribution >= 0.6 is 0 Å². The van der Waals surface area contributed by atoms with E-state index in [0.29, 0.717) is 31.9 Å². The Morgan fingerprint density at radius 1 is 1.28 bits per heavy atom. The van der Waals surface area contributed by atoms with Gasteiger partial charge in [0, 0.05) is 26.2 Å². The zero-order valence-corrected chi connectivity index (χ0v) is 14.7. The number of urea groups is 1. The predicted octanol–water partition coefficient (Wildman–Crippen LogP) is 1.48. The minimum atomic E-state index is -0.192. The van der Waals surface area contributed by atoms with Gasteiger partial charge in [-0.2, -0.15) is 0 Å². The molecule has 0 spiro atoms. The number of nitrogens with one attached hydrogen (secondary N) is 2. The van der Waals surface area contributed by atoms with Crippen molar-refractivity contribution in [2.45, 2.75) is 45.1 Å². The molecule has 0 unspecified atom stereocenters. The van der Waals surface area contributed by atoms with E-state index in [2.05, 4.69) is 27.0 Å². The number of hydrogen-bond donors (Lipinski definition) is 2. The van der Waals surface area contributed by atoms with E-state index in [1.807, 2.05) is 6.92 Å². The summed E-state index contributed by atoms with van der Waals surface area (Å²) in [4.78, 5) is 25.5. The number of nitrogens with zero attached hydrogens (tertiary/aromatic N) is 4. The average molecular weight is 346 g/mol. The molecule has 2 N–H and O–H groups in total. The Hall–Kier alpha value is -2.38. The fourth-order valence-electron chi connectivity index (χ4n) is 3.17. The number of amides is 3. The second-order valence-electron chi connectivity index (χ2n) is 6.59. The van der Waals surface area contributed by atoms with Crippen LogP contribution in [0.5, 0.6) is 0 Å². The minimum Gasteiger partial charge on any atom is -0.350 e. The smallest absolute Gasteiger partial charge is 0.317 e. The summed E-state index contributed by atoms with van der Waals surface area (Å²) in [6.45, 7) is 4.31. The Kier molecular flexibility index (Phi) is 5.67. The van der Waals surface area contributed by atoms with E-state index < -0.39 is 0 Å². The van der Waals surface area contributed by atoms with Crippen LogP contribution in [-0.4, -0.2) is 58.0 Å². The third-order valence-corrected chi connectivity index (χ3v) is 4.71. The molecule has 3 rings (SSSR count). The van der Waals surface area contributed by atoms with Gasteiger partial charge in [0.25, 0.3) is 5.91 Å². The van der Waals surface area contributed by atoms with Gasteiger partial charge in [-0.05, 0) is 39.0 Å². The zero-order chi connectivity index (χ0) is 17.6. The molecule has 0 saturated carbocycles. The second-order valence-corrected chi connectivity index (χ2v) is 6.59. The minimum absolute atomic E-state index is 0.0613. The predicted molar refractivity (Wildman–Crippen MR) is 93.2 cm³/mol. The van der Waals surface area contributed by atoms with Crippen LogP contribution in [0.15, 0.2) is 17.8 Å². The van der Waals surface area contributed by atoms with Crippen LogP contribution in [0.1, 0.15) is 55.6 Å². The first-order valence-corrected chi connectivity index (χ1v) is 9.08. The number of allylic oxidation sites excluding steroid dienone is 1. The topological polar surface area (TPSA) is 92.2 Å². The van der Waals surface area contributed by atoms with Gasteiger partial charge in [0.05, 0.1) is 12.2 Å². The standard InChI is InChI=1S/C17H26N6O2/c1-2-18-17(25)22-10-14(11-22)23-12-15(20-21-23)16(24)19-9-8-13-6-4-3-5-7-13/h6,12,14H,2-5,7-11H2,1H3,(H,18,25)(H,19,24). The molecular weight excluding hydrogens is 320 g/mol. The molecule has 1 aromatic rings. The molecule has 136 valence electrons. The lowest BCUT2D eigenvalue weighted by Crippen LogP contribution is -2.54. The van der Waals surface area contributed by atoms with Gasteiger partial charge in [-0.3, -0.25) is 4.79 Å². The highest BCUT2D eigenvalue weighted by atomic mass is 16.2. The molecule has 8 nitrogen and oxygen atoms in total. The highest BCUT2D eigenvalue weighted by Crippen LogP contribution is 2.21. The fraction of sp³-hybridized carbons (Fsp3) is 0.647. The van der Waals surface area contributed by atoms with Crippen LogP contribution in [0.4, 0.5) is 4.79 Å². The van der Waals surface area contributed by atoms with Crippen LogP contribution in [-0.2, 0) is 0 Å². The molecule has 1 aliphatic carbocycles. The Balaban J connectivity index is 1.43. The van der Waals surface area contributed by atoms with Crippen molar-refractivity contribution in [1.29, 1.82) is 0 Å². The van der Waals surface area contributed by atoms with E-state index in [1.54, 1.807) is 15.8 Å². The lowest BCUT2D eigenvalue weighted by Gasteiger charge is -2.38. The molecular formula is C17H26N6O2. The molecule has 2 heterocycles. The highest BCUT2D eigenvalue weighted by Gasteiger charge is 2.32. The van der Waals surface area contributed by atoms with Crippen LogP contribution < -0.4 is 10.6 Å². The van der Waals surface area contributed by atoms with Crippen molar-refractivity contribution in [2.75, 3.05) is 26.2 Å². The summed E-state index contributed by atoms with van der Waals surface area (Å²) >= 11 is 0. The third-order valence-electron chi connectivity index (χ3n) is 4.71. The summed E-state index contributed by atoms with van der Waals surface area (Å²) in [5, 5.41) is 13.7. The number of rotatable bonds is 6. The van der Waals surface area contributed by atoms with Gasteiger partial charge >= 0.3 is 6.03 Å². The third kappa shape index (κ3) is 4.37. The highest BCUT2D eigenvalue weighted by molar-refractivity contribution is 5.91. The summed E-state index contributed by atoms with van der Waals surface area (Å²) in [5.74, 6) is -0.192. The molecule has 0 radical (unpaired) electrons. The normalized spacial score (nSPS) is 17.6.